The number of fused-ring (bicyclic) bond motifs is 1. The molecule has 0 spiro atoms. The van der Waals surface area contributed by atoms with Crippen molar-refractivity contribution in [1.29, 1.82) is 0 Å². The van der Waals surface area contributed by atoms with Gasteiger partial charge in [-0.1, -0.05) is 55.5 Å². The first kappa shape index (κ1) is 23.4. The summed E-state index contributed by atoms with van der Waals surface area (Å²) in [5.41, 5.74) is 5.93. The molecule has 0 fully saturated rings. The van der Waals surface area contributed by atoms with Gasteiger partial charge in [0, 0.05) is 35.0 Å². The molecule has 0 atom stereocenters. The van der Waals surface area contributed by atoms with Gasteiger partial charge in [0.2, 0.25) is 0 Å². The van der Waals surface area contributed by atoms with Crippen molar-refractivity contribution in [3.8, 4) is 0 Å². The second-order valence-corrected chi connectivity index (χ2v) is 8.77. The molecule has 180 valence electrons. The first-order chi connectivity index (χ1) is 17.4. The second kappa shape index (κ2) is 9.70. The molecule has 2 N–H and O–H groups in total. The number of rotatable bonds is 3. The number of halogens is 1. The molecule has 0 saturated carbocycles. The minimum Gasteiger partial charge on any atom is -0.343 e. The van der Waals surface area contributed by atoms with Gasteiger partial charge in [0.05, 0.1) is 16.8 Å². The van der Waals surface area contributed by atoms with Crippen molar-refractivity contribution in [3.05, 3.63) is 111 Å². The van der Waals surface area contributed by atoms with Crippen molar-refractivity contribution in [2.75, 3.05) is 5.32 Å². The molecule has 4 aromatic rings. The Morgan fingerprint density at radius 1 is 1.00 bits per heavy atom. The van der Waals surface area contributed by atoms with Gasteiger partial charge in [-0.2, -0.15) is 5.10 Å². The number of aromatic amines is 1. The summed E-state index contributed by atoms with van der Waals surface area (Å²) in [5.74, 6) is 0.868. The number of hydrogen-bond acceptors (Lipinski definition) is 5. The number of hydrogen-bond donors (Lipinski definition) is 2. The highest BCUT2D eigenvalue weighted by Gasteiger charge is 2.24. The number of H-pyrrole nitrogens is 1. The van der Waals surface area contributed by atoms with Crippen LogP contribution in [-0.2, 0) is 12.8 Å². The smallest absolute Gasteiger partial charge is 0.272 e. The molecule has 2 aliphatic rings. The maximum absolute atomic E-state index is 13.6. The van der Waals surface area contributed by atoms with E-state index in [1.54, 1.807) is 12.1 Å². The number of allylic oxidation sites excluding steroid dienone is 1. The minimum atomic E-state index is -0.192. The predicted molar refractivity (Wildman–Crippen MR) is 141 cm³/mol. The molecule has 0 unspecified atom stereocenters. The van der Waals surface area contributed by atoms with E-state index in [-0.39, 0.29) is 17.2 Å². The van der Waals surface area contributed by atoms with E-state index in [1.807, 2.05) is 62.4 Å². The quantitative estimate of drug-likeness (QED) is 0.395. The van der Waals surface area contributed by atoms with Crippen LogP contribution in [0.3, 0.4) is 0 Å². The third-order valence-electron chi connectivity index (χ3n) is 6.34. The molecular weight excluding hydrogens is 455 g/mol. The van der Waals surface area contributed by atoms with Gasteiger partial charge in [-0.05, 0) is 42.7 Å². The average Bonchev–Trinajstić information content (AvgIpc) is 2.89. The largest absolute Gasteiger partial charge is 0.343 e. The summed E-state index contributed by atoms with van der Waals surface area (Å²) >= 11 is 0. The van der Waals surface area contributed by atoms with Crippen LogP contribution >= 0.6 is 0 Å². The van der Waals surface area contributed by atoms with Crippen LogP contribution in [0.2, 0.25) is 0 Å². The predicted octanol–water partition coefficient (Wildman–Crippen LogP) is 5.67. The van der Waals surface area contributed by atoms with Crippen molar-refractivity contribution < 1.29 is 9.18 Å². The first-order valence-corrected chi connectivity index (χ1v) is 11.9. The van der Waals surface area contributed by atoms with Crippen molar-refractivity contribution in [3.63, 3.8) is 0 Å². The lowest BCUT2D eigenvalue weighted by molar-refractivity contribution is 0.0994. The Bertz CT molecular complexity index is 1620. The van der Waals surface area contributed by atoms with Crippen LogP contribution < -0.4 is 10.9 Å². The number of nitrogens with zero attached hydrogens (tertiary/aromatic N) is 2. The SMILES string of the molecule is CC1=NC2=CCC(=O)c3cccc(c32)N1.CCc1cc(Cc2n[nH]c(=O)c3ccccc23)ccc1F. The number of nitrogens with one attached hydrogen (secondary N) is 2. The maximum atomic E-state index is 13.6. The Balaban J connectivity index is 0.000000156. The summed E-state index contributed by atoms with van der Waals surface area (Å²) in [6.07, 6.45) is 3.57. The molecule has 6 nitrogen and oxygen atoms in total. The lowest BCUT2D eigenvalue weighted by atomic mass is 9.91. The third-order valence-corrected chi connectivity index (χ3v) is 6.34. The van der Waals surface area contributed by atoms with E-state index in [4.69, 9.17) is 0 Å². The lowest BCUT2D eigenvalue weighted by Crippen LogP contribution is -2.18. The zero-order chi connectivity index (χ0) is 25.2. The fourth-order valence-electron chi connectivity index (χ4n) is 4.58. The zero-order valence-corrected chi connectivity index (χ0v) is 20.1. The summed E-state index contributed by atoms with van der Waals surface area (Å²) in [4.78, 5) is 27.8. The van der Waals surface area contributed by atoms with Gasteiger partial charge in [-0.3, -0.25) is 9.59 Å². The van der Waals surface area contributed by atoms with Crippen molar-refractivity contribution in [1.82, 2.24) is 10.2 Å². The number of ketones is 1. The van der Waals surface area contributed by atoms with E-state index in [1.165, 1.54) is 6.07 Å². The Hall–Kier alpha value is -4.39. The molecule has 1 aromatic heterocycles. The highest BCUT2D eigenvalue weighted by atomic mass is 19.1. The van der Waals surface area contributed by atoms with Crippen LogP contribution in [0.15, 0.2) is 76.5 Å². The van der Waals surface area contributed by atoms with Gasteiger partial charge in [0.25, 0.3) is 5.56 Å². The molecule has 36 heavy (non-hydrogen) atoms. The van der Waals surface area contributed by atoms with E-state index < -0.39 is 0 Å². The second-order valence-electron chi connectivity index (χ2n) is 8.77. The summed E-state index contributed by atoms with van der Waals surface area (Å²) in [6.45, 7) is 3.85. The highest BCUT2D eigenvalue weighted by Crippen LogP contribution is 2.35. The summed E-state index contributed by atoms with van der Waals surface area (Å²) in [6, 6.07) is 18.2. The fraction of sp³-hybridized carbons (Fsp3) is 0.172. The Labute approximate surface area is 207 Å². The summed E-state index contributed by atoms with van der Waals surface area (Å²) in [7, 11) is 0. The number of benzene rings is 3. The zero-order valence-electron chi connectivity index (χ0n) is 20.1. The molecule has 0 amide bonds. The Kier molecular flexibility index (Phi) is 6.29. The molecule has 1 aliphatic heterocycles. The van der Waals surface area contributed by atoms with Crippen molar-refractivity contribution in [2.24, 2.45) is 4.99 Å². The number of aliphatic imine (C=N–C) groups is 1. The summed E-state index contributed by atoms with van der Waals surface area (Å²) in [5, 5.41) is 11.3. The van der Waals surface area contributed by atoms with E-state index in [0.717, 1.165) is 45.0 Å². The van der Waals surface area contributed by atoms with Crippen molar-refractivity contribution in [2.45, 2.75) is 33.1 Å². The molecule has 7 heteroatoms. The van der Waals surface area contributed by atoms with Gasteiger partial charge in [0.1, 0.15) is 11.7 Å². The van der Waals surface area contributed by atoms with Crippen LogP contribution in [0.1, 0.15) is 53.0 Å². The van der Waals surface area contributed by atoms with E-state index in [0.29, 0.717) is 30.2 Å². The molecule has 2 heterocycles. The van der Waals surface area contributed by atoms with Gasteiger partial charge < -0.3 is 5.32 Å². The highest BCUT2D eigenvalue weighted by molar-refractivity contribution is 6.12. The first-order valence-electron chi connectivity index (χ1n) is 11.9. The molecule has 0 bridgehead atoms. The Morgan fingerprint density at radius 2 is 1.81 bits per heavy atom. The normalized spacial score (nSPS) is 13.7. The van der Waals surface area contributed by atoms with Crippen LogP contribution in [-0.4, -0.2) is 21.8 Å². The molecule has 1 aliphatic carbocycles. The van der Waals surface area contributed by atoms with Crippen LogP contribution in [0.5, 0.6) is 0 Å². The number of Topliss-reactive ketones (excluding diaryl/α,β-unsaturated/α-hetero) is 1. The van der Waals surface area contributed by atoms with Gasteiger partial charge in [-0.25, -0.2) is 14.5 Å². The van der Waals surface area contributed by atoms with E-state index in [9.17, 15) is 14.0 Å². The Morgan fingerprint density at radius 3 is 2.61 bits per heavy atom. The van der Waals surface area contributed by atoms with Gasteiger partial charge in [0.15, 0.2) is 5.78 Å². The molecule has 3 aromatic carbocycles. The standard InChI is InChI=1S/C17H15FN2O.C12H10N2O/c1-2-12-9-11(7-8-15(12)18)10-16-13-5-3-4-6-14(13)17(21)20-19-16;1-7-13-9-4-2-3-8-11(15)6-5-10(14-7)12(8)9/h3-9H,2,10H2,1H3,(H,20,21);2-5H,6H2,1H3,(H,13,14). The molecular formula is C29H25FN4O2. The number of aromatic nitrogens is 2. The lowest BCUT2D eigenvalue weighted by Gasteiger charge is -2.23. The number of aryl methyl sites for hydroxylation is 1. The van der Waals surface area contributed by atoms with Crippen LogP contribution in [0.25, 0.3) is 16.5 Å². The fourth-order valence-corrected chi connectivity index (χ4v) is 4.58. The monoisotopic (exact) mass is 480 g/mol. The molecule has 0 saturated heterocycles. The number of carbonyl (C=O) groups excluding carboxylic acids is 1. The van der Waals surface area contributed by atoms with E-state index >= 15 is 0 Å². The molecule has 0 radical (unpaired) electrons. The maximum Gasteiger partial charge on any atom is 0.272 e. The van der Waals surface area contributed by atoms with Crippen LogP contribution in [0.4, 0.5) is 10.1 Å². The van der Waals surface area contributed by atoms with Gasteiger partial charge >= 0.3 is 0 Å². The summed E-state index contributed by atoms with van der Waals surface area (Å²) < 4.78 is 13.6. The van der Waals surface area contributed by atoms with E-state index in [2.05, 4.69) is 20.5 Å². The minimum absolute atomic E-state index is 0.173. The number of carbonyl (C=O) groups is 1. The molecule has 6 rings (SSSR count). The third kappa shape index (κ3) is 4.47. The van der Waals surface area contributed by atoms with Crippen molar-refractivity contribution >= 4 is 33.8 Å². The number of amidine groups is 1. The average molecular weight is 481 g/mol. The topological polar surface area (TPSA) is 87.2 Å². The number of anilines is 1. The van der Waals surface area contributed by atoms with Gasteiger partial charge in [-0.15, -0.1) is 0 Å². The van der Waals surface area contributed by atoms with Crippen LogP contribution in [0, 0.1) is 5.82 Å².